The fourth-order valence-corrected chi connectivity index (χ4v) is 6.63. The summed E-state index contributed by atoms with van der Waals surface area (Å²) >= 11 is 0. The lowest BCUT2D eigenvalue weighted by Crippen LogP contribution is -2.68. The lowest BCUT2D eigenvalue weighted by molar-refractivity contribution is -0.265. The second-order valence-corrected chi connectivity index (χ2v) is 8.87. The summed E-state index contributed by atoms with van der Waals surface area (Å²) in [5, 5.41) is 11.2. The number of likely N-dealkylation sites (tertiary alicyclic amines) is 1. The third-order valence-electron chi connectivity index (χ3n) is 7.89. The zero-order chi connectivity index (χ0) is 20.3. The molecule has 2 aliphatic carbocycles. The van der Waals surface area contributed by atoms with Crippen molar-refractivity contribution in [1.82, 2.24) is 4.90 Å². The van der Waals surface area contributed by atoms with Gasteiger partial charge in [0.05, 0.1) is 20.3 Å². The van der Waals surface area contributed by atoms with Crippen LogP contribution in [0.25, 0.3) is 0 Å². The number of aliphatic hydroxyl groups excluding tert-OH is 1. The van der Waals surface area contributed by atoms with Crippen molar-refractivity contribution < 1.29 is 28.8 Å². The number of methoxy groups -OCH3 is 2. The second kappa shape index (κ2) is 6.82. The zero-order valence-electron chi connectivity index (χ0n) is 17.5. The number of fused-ring (bicyclic) bond motifs is 1. The van der Waals surface area contributed by atoms with Gasteiger partial charge in [0.2, 0.25) is 0 Å². The number of hydrogen-bond acceptors (Lipinski definition) is 7. The van der Waals surface area contributed by atoms with Gasteiger partial charge in [0.15, 0.2) is 24.1 Å². The molecule has 2 saturated heterocycles. The van der Waals surface area contributed by atoms with E-state index in [0.717, 1.165) is 31.6 Å². The summed E-state index contributed by atoms with van der Waals surface area (Å²) in [7, 11) is 5.48. The molecule has 5 rings (SSSR count). The van der Waals surface area contributed by atoms with Gasteiger partial charge < -0.3 is 28.8 Å². The molecule has 3 atom stereocenters. The van der Waals surface area contributed by atoms with Gasteiger partial charge in [-0.05, 0) is 50.9 Å². The van der Waals surface area contributed by atoms with E-state index in [1.807, 2.05) is 6.07 Å². The van der Waals surface area contributed by atoms with E-state index < -0.39 is 11.9 Å². The molecule has 1 saturated carbocycles. The van der Waals surface area contributed by atoms with Crippen molar-refractivity contribution in [1.29, 1.82) is 0 Å². The van der Waals surface area contributed by atoms with Crippen LogP contribution in [0.2, 0.25) is 0 Å². The summed E-state index contributed by atoms with van der Waals surface area (Å²) in [6.45, 7) is 2.16. The summed E-state index contributed by atoms with van der Waals surface area (Å²) in [5.41, 5.74) is 2.08. The van der Waals surface area contributed by atoms with Gasteiger partial charge in [0, 0.05) is 30.0 Å². The van der Waals surface area contributed by atoms with Gasteiger partial charge in [-0.25, -0.2) is 0 Å². The largest absolute Gasteiger partial charge is 0.493 e. The summed E-state index contributed by atoms with van der Waals surface area (Å²) in [6, 6.07) is 4.15. The minimum Gasteiger partial charge on any atom is -0.493 e. The fourth-order valence-electron chi connectivity index (χ4n) is 6.63. The molecule has 160 valence electrons. The van der Waals surface area contributed by atoms with E-state index in [1.54, 1.807) is 14.2 Å². The molecule has 2 heterocycles. The van der Waals surface area contributed by atoms with E-state index in [9.17, 15) is 5.11 Å². The maximum Gasteiger partial charge on any atom is 0.195 e. The first-order valence-electron chi connectivity index (χ1n) is 10.5. The van der Waals surface area contributed by atoms with Crippen LogP contribution in [0.5, 0.6) is 11.5 Å². The molecule has 7 heteroatoms. The Labute approximate surface area is 171 Å². The average Bonchev–Trinajstić information content (AvgIpc) is 3.31. The number of rotatable bonds is 4. The molecule has 0 unspecified atom stereocenters. The number of aliphatic hydroxyl groups is 1. The highest BCUT2D eigenvalue weighted by atomic mass is 16.7. The quantitative estimate of drug-likeness (QED) is 0.767. The van der Waals surface area contributed by atoms with Gasteiger partial charge in [0.25, 0.3) is 0 Å². The normalized spacial score (nSPS) is 35.2. The van der Waals surface area contributed by atoms with Crippen molar-refractivity contribution >= 4 is 0 Å². The second-order valence-electron chi connectivity index (χ2n) is 8.87. The number of aryl methyl sites for hydroxylation is 1. The van der Waals surface area contributed by atoms with Gasteiger partial charge in [-0.15, -0.1) is 0 Å². The lowest BCUT2D eigenvalue weighted by Gasteiger charge is -2.60. The van der Waals surface area contributed by atoms with Gasteiger partial charge in [-0.3, -0.25) is 4.90 Å². The first-order valence-corrected chi connectivity index (χ1v) is 10.5. The predicted molar refractivity (Wildman–Crippen MR) is 105 cm³/mol. The smallest absolute Gasteiger partial charge is 0.195 e. The Morgan fingerprint density at radius 3 is 2.72 bits per heavy atom. The van der Waals surface area contributed by atoms with Crippen LogP contribution in [0.1, 0.15) is 36.8 Å². The Hall–Kier alpha value is -1.38. The highest BCUT2D eigenvalue weighted by Gasteiger charge is 2.70. The van der Waals surface area contributed by atoms with Crippen molar-refractivity contribution in [2.24, 2.45) is 0 Å². The summed E-state index contributed by atoms with van der Waals surface area (Å²) in [4.78, 5) is 2.44. The van der Waals surface area contributed by atoms with Gasteiger partial charge in [0.1, 0.15) is 6.10 Å². The third kappa shape index (κ3) is 2.48. The number of nitrogens with zero attached hydrogens (tertiary/aromatic N) is 1. The summed E-state index contributed by atoms with van der Waals surface area (Å²) in [6.07, 6.45) is 3.51. The molecule has 29 heavy (non-hydrogen) atoms. The molecule has 3 fully saturated rings. The summed E-state index contributed by atoms with van der Waals surface area (Å²) in [5.74, 6) is 0.537. The van der Waals surface area contributed by atoms with Crippen LogP contribution in [0, 0.1) is 0 Å². The molecule has 2 aliphatic heterocycles. The Balaban J connectivity index is 1.73. The SMILES string of the molecule is COCOc1c(OC)ccc2c1[C@]13CCN(C)[C@@]1(CC2)C[C@@H](O)C1(C3)OCCO1. The monoisotopic (exact) mass is 405 g/mol. The number of benzene rings is 1. The molecule has 0 bridgehead atoms. The molecule has 0 radical (unpaired) electrons. The minimum absolute atomic E-state index is 0.155. The van der Waals surface area contributed by atoms with Crippen LogP contribution in [0.15, 0.2) is 12.1 Å². The Morgan fingerprint density at radius 2 is 2.00 bits per heavy atom. The maximum absolute atomic E-state index is 11.2. The maximum atomic E-state index is 11.2. The zero-order valence-corrected chi connectivity index (χ0v) is 17.5. The number of likely N-dealkylation sites (N-methyl/N-ethyl adjacent to an activating group) is 1. The Kier molecular flexibility index (Phi) is 4.60. The van der Waals surface area contributed by atoms with E-state index >= 15 is 0 Å². The van der Waals surface area contributed by atoms with E-state index in [-0.39, 0.29) is 17.7 Å². The standard InChI is InChI=1S/C22H31NO6/c1-23-9-8-20-13-22(28-10-11-29-22)17(24)12-21(20,23)7-6-15-4-5-16(26-3)19(18(15)20)27-14-25-2/h4-5,17,24H,6-14H2,1-3H3/t17-,20-,21+/m1/s1. The highest BCUT2D eigenvalue weighted by Crippen LogP contribution is 2.65. The van der Waals surface area contributed by atoms with Crippen molar-refractivity contribution in [3.63, 3.8) is 0 Å². The molecular formula is C22H31NO6. The molecule has 0 aromatic heterocycles. The topological polar surface area (TPSA) is 69.6 Å². The highest BCUT2D eigenvalue weighted by molar-refractivity contribution is 5.59. The van der Waals surface area contributed by atoms with Crippen LogP contribution < -0.4 is 9.47 Å². The van der Waals surface area contributed by atoms with Crippen molar-refractivity contribution in [3.8, 4) is 11.5 Å². The first kappa shape index (κ1) is 19.6. The van der Waals surface area contributed by atoms with E-state index in [1.165, 1.54) is 11.1 Å². The van der Waals surface area contributed by atoms with Crippen molar-refractivity contribution in [3.05, 3.63) is 23.3 Å². The van der Waals surface area contributed by atoms with Crippen LogP contribution >= 0.6 is 0 Å². The van der Waals surface area contributed by atoms with Crippen LogP contribution in [0.3, 0.4) is 0 Å². The van der Waals surface area contributed by atoms with Crippen LogP contribution in [-0.4, -0.2) is 75.3 Å². The third-order valence-corrected chi connectivity index (χ3v) is 7.89. The summed E-state index contributed by atoms with van der Waals surface area (Å²) < 4.78 is 29.2. The molecular weight excluding hydrogens is 374 g/mol. The number of ether oxygens (including phenoxy) is 5. The van der Waals surface area contributed by atoms with E-state index in [2.05, 4.69) is 18.0 Å². The molecule has 7 nitrogen and oxygen atoms in total. The average molecular weight is 405 g/mol. The fraction of sp³-hybridized carbons (Fsp3) is 0.727. The van der Waals surface area contributed by atoms with Gasteiger partial charge in [-0.1, -0.05) is 6.07 Å². The lowest BCUT2D eigenvalue weighted by atomic mass is 9.51. The molecule has 1 aromatic carbocycles. The number of hydrogen-bond donors (Lipinski definition) is 1. The molecule has 4 aliphatic rings. The minimum atomic E-state index is -0.940. The van der Waals surface area contributed by atoms with Gasteiger partial charge >= 0.3 is 0 Å². The Morgan fingerprint density at radius 1 is 1.21 bits per heavy atom. The Bertz CT molecular complexity index is 794. The van der Waals surface area contributed by atoms with Crippen molar-refractivity contribution in [2.45, 2.75) is 54.9 Å². The molecule has 1 N–H and O–H groups in total. The molecule has 1 aromatic rings. The van der Waals surface area contributed by atoms with Crippen molar-refractivity contribution in [2.75, 3.05) is 47.8 Å². The van der Waals surface area contributed by atoms with Gasteiger partial charge in [-0.2, -0.15) is 0 Å². The van der Waals surface area contributed by atoms with E-state index in [4.69, 9.17) is 23.7 Å². The predicted octanol–water partition coefficient (Wildman–Crippen LogP) is 1.83. The molecule has 1 spiro atoms. The first-order chi connectivity index (χ1) is 14.0. The van der Waals surface area contributed by atoms with Crippen LogP contribution in [0.4, 0.5) is 0 Å². The molecule has 0 amide bonds. The van der Waals surface area contributed by atoms with Crippen LogP contribution in [-0.2, 0) is 26.0 Å². The van der Waals surface area contributed by atoms with E-state index in [0.29, 0.717) is 31.8 Å².